The van der Waals surface area contributed by atoms with Crippen molar-refractivity contribution in [3.05, 3.63) is 12.2 Å². The number of ether oxygens (including phenoxy) is 1. The second kappa shape index (κ2) is 10.8. The smallest absolute Gasteiger partial charge is 0.309 e. The Morgan fingerprint density at radius 1 is 1.16 bits per heavy atom. The van der Waals surface area contributed by atoms with Crippen LogP contribution in [0.2, 0.25) is 0 Å². The Hall–Kier alpha value is -1.12. The SMILES string of the molecule is CCCC=CC(=O)C(CCCC)OC(=O)C(C)CC. The van der Waals surface area contributed by atoms with Gasteiger partial charge >= 0.3 is 5.97 Å². The number of unbranched alkanes of at least 4 members (excludes halogenated alkanes) is 2. The summed E-state index contributed by atoms with van der Waals surface area (Å²) in [5.74, 6) is -0.490. The first-order chi connectivity index (χ1) is 9.06. The van der Waals surface area contributed by atoms with Crippen LogP contribution < -0.4 is 0 Å². The minimum atomic E-state index is -0.602. The highest BCUT2D eigenvalue weighted by molar-refractivity contribution is 5.94. The third-order valence-electron chi connectivity index (χ3n) is 3.15. The van der Waals surface area contributed by atoms with Crippen molar-refractivity contribution in [2.45, 2.75) is 72.3 Å². The van der Waals surface area contributed by atoms with Crippen LogP contribution in [0.4, 0.5) is 0 Å². The van der Waals surface area contributed by atoms with Gasteiger partial charge in [0.15, 0.2) is 11.9 Å². The van der Waals surface area contributed by atoms with Crippen LogP contribution in [0.1, 0.15) is 66.2 Å². The molecule has 3 heteroatoms. The van der Waals surface area contributed by atoms with Crippen LogP contribution in [0.25, 0.3) is 0 Å². The number of rotatable bonds is 10. The van der Waals surface area contributed by atoms with Gasteiger partial charge in [-0.1, -0.05) is 46.6 Å². The van der Waals surface area contributed by atoms with Crippen molar-refractivity contribution in [2.75, 3.05) is 0 Å². The van der Waals surface area contributed by atoms with Gasteiger partial charge in [-0.2, -0.15) is 0 Å². The number of carbonyl (C=O) groups excluding carboxylic acids is 2. The largest absolute Gasteiger partial charge is 0.454 e. The van der Waals surface area contributed by atoms with Gasteiger partial charge in [0.05, 0.1) is 5.92 Å². The van der Waals surface area contributed by atoms with Crippen molar-refractivity contribution in [3.63, 3.8) is 0 Å². The maximum Gasteiger partial charge on any atom is 0.309 e. The lowest BCUT2D eigenvalue weighted by Gasteiger charge is -2.17. The summed E-state index contributed by atoms with van der Waals surface area (Å²) in [6.45, 7) is 7.89. The first-order valence-corrected chi connectivity index (χ1v) is 7.47. The van der Waals surface area contributed by atoms with Crippen LogP contribution in [0.5, 0.6) is 0 Å². The predicted octanol–water partition coefficient (Wildman–Crippen LogP) is 4.06. The highest BCUT2D eigenvalue weighted by atomic mass is 16.5. The van der Waals surface area contributed by atoms with E-state index in [0.29, 0.717) is 6.42 Å². The average Bonchev–Trinajstić information content (AvgIpc) is 2.42. The van der Waals surface area contributed by atoms with Crippen LogP contribution in [-0.4, -0.2) is 17.9 Å². The minimum Gasteiger partial charge on any atom is -0.454 e. The van der Waals surface area contributed by atoms with E-state index >= 15 is 0 Å². The van der Waals surface area contributed by atoms with Crippen molar-refractivity contribution in [1.29, 1.82) is 0 Å². The summed E-state index contributed by atoms with van der Waals surface area (Å²) in [6, 6.07) is 0. The molecule has 0 aliphatic carbocycles. The standard InChI is InChI=1S/C16H28O3/c1-5-8-10-11-14(17)15(12-9-6-2)19-16(18)13(4)7-3/h10-11,13,15H,5-9,12H2,1-4H3. The van der Waals surface area contributed by atoms with Crippen molar-refractivity contribution in [3.8, 4) is 0 Å². The van der Waals surface area contributed by atoms with Crippen molar-refractivity contribution in [1.82, 2.24) is 0 Å². The third kappa shape index (κ3) is 7.81. The second-order valence-electron chi connectivity index (χ2n) is 4.97. The zero-order valence-electron chi connectivity index (χ0n) is 12.8. The lowest BCUT2D eigenvalue weighted by atomic mass is 10.1. The maximum absolute atomic E-state index is 12.0. The molecule has 0 saturated carbocycles. The molecule has 0 aromatic carbocycles. The van der Waals surface area contributed by atoms with E-state index in [-0.39, 0.29) is 17.7 Å². The predicted molar refractivity (Wildman–Crippen MR) is 77.9 cm³/mol. The topological polar surface area (TPSA) is 43.4 Å². The number of esters is 1. The molecule has 0 radical (unpaired) electrons. The number of allylic oxidation sites excluding steroid dienone is 1. The summed E-state index contributed by atoms with van der Waals surface area (Å²) in [5.41, 5.74) is 0. The van der Waals surface area contributed by atoms with E-state index in [9.17, 15) is 9.59 Å². The second-order valence-corrected chi connectivity index (χ2v) is 4.97. The molecule has 19 heavy (non-hydrogen) atoms. The van der Waals surface area contributed by atoms with Crippen molar-refractivity contribution >= 4 is 11.8 Å². The van der Waals surface area contributed by atoms with E-state index in [1.165, 1.54) is 0 Å². The Kier molecular flexibility index (Phi) is 10.1. The minimum absolute atomic E-state index is 0.0847. The van der Waals surface area contributed by atoms with Crippen LogP contribution in [0.3, 0.4) is 0 Å². The van der Waals surface area contributed by atoms with Gasteiger partial charge in [0, 0.05) is 0 Å². The van der Waals surface area contributed by atoms with Gasteiger partial charge < -0.3 is 4.74 Å². The molecular weight excluding hydrogens is 240 g/mol. The highest BCUT2D eigenvalue weighted by Crippen LogP contribution is 2.12. The monoisotopic (exact) mass is 268 g/mol. The lowest BCUT2D eigenvalue weighted by molar-refractivity contribution is -0.157. The molecule has 0 bridgehead atoms. The molecule has 0 aromatic rings. The quantitative estimate of drug-likeness (QED) is 0.443. The third-order valence-corrected chi connectivity index (χ3v) is 3.15. The maximum atomic E-state index is 12.0. The molecule has 0 N–H and O–H groups in total. The number of hydrogen-bond acceptors (Lipinski definition) is 3. The van der Waals surface area contributed by atoms with Crippen molar-refractivity contribution in [2.24, 2.45) is 5.92 Å². The van der Waals surface area contributed by atoms with Crippen LogP contribution in [-0.2, 0) is 14.3 Å². The van der Waals surface area contributed by atoms with Gasteiger partial charge in [0.25, 0.3) is 0 Å². The molecule has 0 rings (SSSR count). The zero-order valence-corrected chi connectivity index (χ0v) is 12.8. The fourth-order valence-corrected chi connectivity index (χ4v) is 1.55. The van der Waals surface area contributed by atoms with E-state index in [0.717, 1.165) is 32.1 Å². The summed E-state index contributed by atoms with van der Waals surface area (Å²) >= 11 is 0. The summed E-state index contributed by atoms with van der Waals surface area (Å²) in [6.07, 6.45) is 7.95. The van der Waals surface area contributed by atoms with Gasteiger partial charge in [-0.15, -0.1) is 0 Å². The molecule has 110 valence electrons. The number of ketones is 1. The summed E-state index contributed by atoms with van der Waals surface area (Å²) < 4.78 is 5.36. The van der Waals surface area contributed by atoms with Crippen LogP contribution in [0, 0.1) is 5.92 Å². The van der Waals surface area contributed by atoms with Gasteiger partial charge in [-0.3, -0.25) is 9.59 Å². The zero-order chi connectivity index (χ0) is 14.7. The highest BCUT2D eigenvalue weighted by Gasteiger charge is 2.22. The molecule has 0 saturated heterocycles. The van der Waals surface area contributed by atoms with Gasteiger partial charge in [0.2, 0.25) is 0 Å². The average molecular weight is 268 g/mol. The molecule has 0 aliphatic heterocycles. The molecule has 0 heterocycles. The fraction of sp³-hybridized carbons (Fsp3) is 0.750. The molecule has 0 fully saturated rings. The molecule has 2 atom stereocenters. The molecule has 2 unspecified atom stereocenters. The van der Waals surface area contributed by atoms with Crippen LogP contribution >= 0.6 is 0 Å². The normalized spacial score (nSPS) is 14.3. The van der Waals surface area contributed by atoms with E-state index in [1.807, 2.05) is 19.9 Å². The Morgan fingerprint density at radius 2 is 1.84 bits per heavy atom. The van der Waals surface area contributed by atoms with Crippen LogP contribution in [0.15, 0.2) is 12.2 Å². The van der Waals surface area contributed by atoms with Gasteiger partial charge in [0.1, 0.15) is 0 Å². The Labute approximate surface area is 117 Å². The first kappa shape index (κ1) is 17.9. The first-order valence-electron chi connectivity index (χ1n) is 7.47. The van der Waals surface area contributed by atoms with Crippen molar-refractivity contribution < 1.29 is 14.3 Å². The fourth-order valence-electron chi connectivity index (χ4n) is 1.55. The Bertz CT molecular complexity index is 294. The molecule has 0 spiro atoms. The van der Waals surface area contributed by atoms with E-state index in [2.05, 4.69) is 13.8 Å². The molecule has 0 aromatic heterocycles. The van der Waals surface area contributed by atoms with E-state index < -0.39 is 6.10 Å². The van der Waals surface area contributed by atoms with Gasteiger partial charge in [-0.25, -0.2) is 0 Å². The summed E-state index contributed by atoms with van der Waals surface area (Å²) in [4.78, 5) is 23.8. The van der Waals surface area contributed by atoms with Gasteiger partial charge in [-0.05, 0) is 31.8 Å². The number of hydrogen-bond donors (Lipinski definition) is 0. The molecular formula is C16H28O3. The summed E-state index contributed by atoms with van der Waals surface area (Å²) in [5, 5.41) is 0. The Morgan fingerprint density at radius 3 is 2.37 bits per heavy atom. The molecule has 0 amide bonds. The van der Waals surface area contributed by atoms with E-state index in [1.54, 1.807) is 6.08 Å². The molecule has 0 aliphatic rings. The molecule has 3 nitrogen and oxygen atoms in total. The lowest BCUT2D eigenvalue weighted by Crippen LogP contribution is -2.28. The van der Waals surface area contributed by atoms with E-state index in [4.69, 9.17) is 4.74 Å². The Balaban J connectivity index is 4.52. The summed E-state index contributed by atoms with van der Waals surface area (Å²) in [7, 11) is 0. The number of carbonyl (C=O) groups is 2.